The predicted molar refractivity (Wildman–Crippen MR) is 120 cm³/mol. The number of imidazole rings is 1. The first-order valence-electron chi connectivity index (χ1n) is 9.56. The minimum Gasteiger partial charge on any atom is -0.367 e. The zero-order chi connectivity index (χ0) is 22.4. The molecule has 0 spiro atoms. The number of rotatable bonds is 7. The van der Waals surface area contributed by atoms with Crippen LogP contribution < -0.4 is 10.6 Å². The van der Waals surface area contributed by atoms with E-state index < -0.39 is 0 Å². The Kier molecular flexibility index (Phi) is 6.91. The molecule has 8 nitrogen and oxygen atoms in total. The molecule has 0 saturated heterocycles. The van der Waals surface area contributed by atoms with Gasteiger partial charge >= 0.3 is 0 Å². The Morgan fingerprint density at radius 2 is 1.90 bits per heavy atom. The molecule has 0 saturated carbocycles. The van der Waals surface area contributed by atoms with Crippen molar-refractivity contribution in [3.8, 4) is 23.3 Å². The van der Waals surface area contributed by atoms with Gasteiger partial charge in [-0.05, 0) is 31.5 Å². The van der Waals surface area contributed by atoms with Crippen LogP contribution in [0.5, 0.6) is 0 Å². The quantitative estimate of drug-likeness (QED) is 0.476. The van der Waals surface area contributed by atoms with Crippen LogP contribution >= 0.6 is 11.8 Å². The molecule has 1 aromatic carbocycles. The van der Waals surface area contributed by atoms with Crippen molar-refractivity contribution in [2.24, 2.45) is 0 Å². The summed E-state index contributed by atoms with van der Waals surface area (Å²) in [5.41, 5.74) is 2.47. The molecular formula is C22H21N7OS. The van der Waals surface area contributed by atoms with Crippen LogP contribution in [-0.4, -0.2) is 26.9 Å². The fourth-order valence-electron chi connectivity index (χ4n) is 2.98. The number of carbonyl (C=O) groups excluding carboxylic acids is 1. The Balaban J connectivity index is 2.14. The number of hydrogen-bond donors (Lipinski definition) is 3. The van der Waals surface area contributed by atoms with Crippen LogP contribution in [0.1, 0.15) is 37.7 Å². The summed E-state index contributed by atoms with van der Waals surface area (Å²) in [6, 6.07) is 11.5. The Morgan fingerprint density at radius 1 is 1.19 bits per heavy atom. The van der Waals surface area contributed by atoms with Crippen LogP contribution in [0.3, 0.4) is 0 Å². The molecule has 31 heavy (non-hydrogen) atoms. The van der Waals surface area contributed by atoms with Crippen LogP contribution in [0, 0.1) is 22.7 Å². The molecule has 0 aliphatic heterocycles. The highest BCUT2D eigenvalue weighted by molar-refractivity contribution is 7.98. The number of nitriles is 2. The van der Waals surface area contributed by atoms with Gasteiger partial charge in [0.05, 0.1) is 11.3 Å². The van der Waals surface area contributed by atoms with E-state index in [4.69, 9.17) is 0 Å². The maximum absolute atomic E-state index is 11.3. The average Bonchev–Trinajstić information content (AvgIpc) is 3.25. The van der Waals surface area contributed by atoms with Gasteiger partial charge in [0, 0.05) is 36.6 Å². The molecule has 1 amide bonds. The van der Waals surface area contributed by atoms with Crippen molar-refractivity contribution in [1.82, 2.24) is 15.0 Å². The lowest BCUT2D eigenvalue weighted by molar-refractivity contribution is -0.114. The van der Waals surface area contributed by atoms with Gasteiger partial charge in [0.1, 0.15) is 34.4 Å². The first kappa shape index (κ1) is 21.9. The zero-order valence-electron chi connectivity index (χ0n) is 17.4. The molecule has 0 fully saturated rings. The van der Waals surface area contributed by atoms with Crippen molar-refractivity contribution < 1.29 is 4.79 Å². The van der Waals surface area contributed by atoms with Crippen LogP contribution in [0.4, 0.5) is 11.5 Å². The highest BCUT2D eigenvalue weighted by Crippen LogP contribution is 2.37. The third kappa shape index (κ3) is 5.21. The molecule has 0 bridgehead atoms. The summed E-state index contributed by atoms with van der Waals surface area (Å²) in [6.45, 7) is 5.35. The number of benzene rings is 1. The Morgan fingerprint density at radius 3 is 2.45 bits per heavy atom. The Labute approximate surface area is 184 Å². The zero-order valence-corrected chi connectivity index (χ0v) is 18.2. The first-order valence-corrected chi connectivity index (χ1v) is 10.5. The fraction of sp³-hybridized carbons (Fsp3) is 0.227. The fourth-order valence-corrected chi connectivity index (χ4v) is 3.86. The van der Waals surface area contributed by atoms with Crippen molar-refractivity contribution in [2.45, 2.75) is 37.6 Å². The third-order valence-electron chi connectivity index (χ3n) is 4.21. The summed E-state index contributed by atoms with van der Waals surface area (Å²) < 4.78 is 0. The summed E-state index contributed by atoms with van der Waals surface area (Å²) in [4.78, 5) is 23.2. The van der Waals surface area contributed by atoms with E-state index in [9.17, 15) is 15.3 Å². The van der Waals surface area contributed by atoms with E-state index in [-0.39, 0.29) is 11.9 Å². The number of carbonyl (C=O) groups is 1. The molecule has 0 unspecified atom stereocenters. The largest absolute Gasteiger partial charge is 0.367 e. The molecule has 2 aromatic heterocycles. The van der Waals surface area contributed by atoms with Gasteiger partial charge in [0.25, 0.3) is 0 Å². The molecule has 2 heterocycles. The van der Waals surface area contributed by atoms with Crippen LogP contribution in [0.15, 0.2) is 41.7 Å². The lowest BCUT2D eigenvalue weighted by atomic mass is 9.96. The van der Waals surface area contributed by atoms with Crippen LogP contribution in [0.25, 0.3) is 11.1 Å². The minimum absolute atomic E-state index is 0.0467. The summed E-state index contributed by atoms with van der Waals surface area (Å²) in [5, 5.41) is 26.3. The number of anilines is 2. The van der Waals surface area contributed by atoms with Gasteiger partial charge < -0.3 is 15.6 Å². The van der Waals surface area contributed by atoms with Gasteiger partial charge in [-0.2, -0.15) is 10.5 Å². The first-order chi connectivity index (χ1) is 14.9. The molecule has 3 N–H and O–H groups in total. The molecule has 0 radical (unpaired) electrons. The van der Waals surface area contributed by atoms with E-state index in [1.54, 1.807) is 36.7 Å². The number of aromatic nitrogens is 3. The van der Waals surface area contributed by atoms with Crippen molar-refractivity contribution in [3.05, 3.63) is 53.6 Å². The monoisotopic (exact) mass is 431 g/mol. The number of pyridine rings is 1. The van der Waals surface area contributed by atoms with Gasteiger partial charge in [-0.25, -0.2) is 9.97 Å². The van der Waals surface area contributed by atoms with Crippen molar-refractivity contribution in [3.63, 3.8) is 0 Å². The lowest BCUT2D eigenvalue weighted by Gasteiger charge is -2.17. The average molecular weight is 432 g/mol. The van der Waals surface area contributed by atoms with E-state index in [2.05, 4.69) is 37.7 Å². The smallest absolute Gasteiger partial charge is 0.221 e. The summed E-state index contributed by atoms with van der Waals surface area (Å²) in [7, 11) is 0. The van der Waals surface area contributed by atoms with Crippen molar-refractivity contribution in [1.29, 1.82) is 10.5 Å². The molecule has 3 aromatic rings. The van der Waals surface area contributed by atoms with E-state index >= 15 is 0 Å². The second kappa shape index (κ2) is 9.79. The second-order valence-corrected chi connectivity index (χ2v) is 7.96. The lowest BCUT2D eigenvalue weighted by Crippen LogP contribution is -2.14. The predicted octanol–water partition coefficient (Wildman–Crippen LogP) is 4.29. The van der Waals surface area contributed by atoms with Crippen molar-refractivity contribution >= 4 is 29.2 Å². The number of nitrogens with zero attached hydrogens (tertiary/aromatic N) is 4. The number of hydrogen-bond acceptors (Lipinski definition) is 7. The van der Waals surface area contributed by atoms with E-state index in [1.807, 2.05) is 13.8 Å². The van der Waals surface area contributed by atoms with E-state index in [0.717, 1.165) is 5.82 Å². The number of H-pyrrole nitrogens is 1. The van der Waals surface area contributed by atoms with Gasteiger partial charge in [-0.1, -0.05) is 23.9 Å². The standard InChI is InChI=1S/C22H21N7OS/c1-13(2)27-21-17(10-23)20(15-4-6-16(7-5-15)28-14(3)30)18(11-24)22(29-21)31-12-19-25-8-9-26-19/h4-9,13H,12H2,1-3H3,(H,25,26)(H,27,29)(H,28,30). The minimum atomic E-state index is -0.174. The molecular weight excluding hydrogens is 410 g/mol. The van der Waals surface area contributed by atoms with Crippen LogP contribution in [0.2, 0.25) is 0 Å². The highest BCUT2D eigenvalue weighted by Gasteiger charge is 2.22. The van der Waals surface area contributed by atoms with Gasteiger partial charge in [0.15, 0.2) is 0 Å². The van der Waals surface area contributed by atoms with Gasteiger partial charge in [-0.15, -0.1) is 0 Å². The van der Waals surface area contributed by atoms with Gasteiger partial charge in [0.2, 0.25) is 5.91 Å². The summed E-state index contributed by atoms with van der Waals surface area (Å²) in [5.74, 6) is 1.52. The Hall–Kier alpha value is -3.82. The molecule has 3 rings (SSSR count). The topological polar surface area (TPSA) is 130 Å². The second-order valence-electron chi connectivity index (χ2n) is 7.00. The SMILES string of the molecule is CC(=O)Nc1ccc(-c2c(C#N)c(NC(C)C)nc(SCc3ncc[nH]3)c2C#N)cc1. The molecule has 156 valence electrons. The molecule has 0 atom stereocenters. The molecule has 0 aliphatic rings. The third-order valence-corrected chi connectivity index (χ3v) is 5.19. The maximum atomic E-state index is 11.3. The summed E-state index contributed by atoms with van der Waals surface area (Å²) in [6.07, 6.45) is 3.40. The summed E-state index contributed by atoms with van der Waals surface area (Å²) >= 11 is 1.38. The molecule has 9 heteroatoms. The van der Waals surface area contributed by atoms with Gasteiger partial charge in [-0.3, -0.25) is 4.79 Å². The normalized spacial score (nSPS) is 10.4. The van der Waals surface area contributed by atoms with Crippen molar-refractivity contribution in [2.75, 3.05) is 10.6 Å². The number of amides is 1. The highest BCUT2D eigenvalue weighted by atomic mass is 32.2. The number of thioether (sulfide) groups is 1. The van der Waals surface area contributed by atoms with Crippen LogP contribution in [-0.2, 0) is 10.5 Å². The van der Waals surface area contributed by atoms with E-state index in [0.29, 0.717) is 44.5 Å². The number of aromatic amines is 1. The number of nitrogens with one attached hydrogen (secondary N) is 3. The molecule has 0 aliphatic carbocycles. The van der Waals surface area contributed by atoms with E-state index in [1.165, 1.54) is 18.7 Å². The maximum Gasteiger partial charge on any atom is 0.221 e. The Bertz CT molecular complexity index is 1160.